The van der Waals surface area contributed by atoms with E-state index >= 15 is 0 Å². The molecule has 0 atom stereocenters. The summed E-state index contributed by atoms with van der Waals surface area (Å²) in [7, 11) is -7.10. The second kappa shape index (κ2) is 9.59. The Morgan fingerprint density at radius 1 is 1.09 bits per heavy atom. The molecule has 176 valence electrons. The first-order chi connectivity index (χ1) is 15.0. The molecule has 0 aliphatic carbocycles. The van der Waals surface area contributed by atoms with E-state index < -0.39 is 20.0 Å². The molecule has 2 aromatic rings. The Hall–Kier alpha value is -2.44. The predicted molar refractivity (Wildman–Crippen MR) is 120 cm³/mol. The van der Waals surface area contributed by atoms with E-state index in [0.717, 1.165) is 0 Å². The molecule has 1 aliphatic heterocycles. The van der Waals surface area contributed by atoms with Crippen molar-refractivity contribution in [3.05, 3.63) is 35.7 Å². The average molecular weight is 485 g/mol. The van der Waals surface area contributed by atoms with Gasteiger partial charge in [0.1, 0.15) is 10.6 Å². The molecule has 0 spiro atoms. The molecule has 1 aliphatic rings. The van der Waals surface area contributed by atoms with Gasteiger partial charge in [0, 0.05) is 30.4 Å². The number of piperidine rings is 1. The van der Waals surface area contributed by atoms with Crippen LogP contribution in [0.4, 0.5) is 11.4 Å². The normalized spacial score (nSPS) is 16.1. The zero-order valence-corrected chi connectivity index (χ0v) is 19.9. The number of nitrogens with zero attached hydrogens (tertiary/aromatic N) is 2. The number of hydrogen-bond donors (Lipinski definition) is 2. The molecule has 1 aromatic carbocycles. The summed E-state index contributed by atoms with van der Waals surface area (Å²) in [5.74, 6) is -0.230. The van der Waals surface area contributed by atoms with Crippen LogP contribution in [0.5, 0.6) is 0 Å². The van der Waals surface area contributed by atoms with Crippen molar-refractivity contribution in [1.82, 2.24) is 9.46 Å². The summed E-state index contributed by atoms with van der Waals surface area (Å²) in [6, 6.07) is 6.42. The van der Waals surface area contributed by atoms with Gasteiger partial charge in [-0.2, -0.15) is 4.31 Å². The number of aromatic nitrogens is 1. The number of nitrogens with one attached hydrogen (secondary N) is 2. The van der Waals surface area contributed by atoms with Crippen LogP contribution in [0.3, 0.4) is 0 Å². The number of sulfonamides is 2. The fourth-order valence-electron chi connectivity index (χ4n) is 3.70. The molecule has 10 nitrogen and oxygen atoms in total. The summed E-state index contributed by atoms with van der Waals surface area (Å²) in [5, 5.41) is 6.54. The van der Waals surface area contributed by atoms with Gasteiger partial charge < -0.3 is 9.84 Å². The molecular formula is C20H28N4O6S2. The number of anilines is 2. The van der Waals surface area contributed by atoms with Crippen LogP contribution < -0.4 is 10.0 Å². The van der Waals surface area contributed by atoms with E-state index in [4.69, 9.17) is 4.52 Å². The third-order valence-corrected chi connectivity index (χ3v) is 8.93. The van der Waals surface area contributed by atoms with Gasteiger partial charge in [-0.1, -0.05) is 12.1 Å². The third kappa shape index (κ3) is 5.48. The Balaban J connectivity index is 1.57. The maximum atomic E-state index is 12.9. The molecule has 0 radical (unpaired) electrons. The molecule has 0 unspecified atom stereocenters. The van der Waals surface area contributed by atoms with Gasteiger partial charge in [0.25, 0.3) is 0 Å². The van der Waals surface area contributed by atoms with E-state index in [1.54, 1.807) is 45.0 Å². The van der Waals surface area contributed by atoms with Crippen molar-refractivity contribution < 1.29 is 26.2 Å². The maximum absolute atomic E-state index is 12.9. The SMILES string of the molecule is CCCS(=O)(=O)Nc1ccc(NC(=O)C2CCN(S(=O)(=O)c3c(C)noc3C)CC2)cc1. The molecule has 1 saturated heterocycles. The van der Waals surface area contributed by atoms with Crippen LogP contribution in [0.25, 0.3) is 0 Å². The molecule has 0 saturated carbocycles. The van der Waals surface area contributed by atoms with Gasteiger partial charge in [-0.05, 0) is 57.4 Å². The van der Waals surface area contributed by atoms with E-state index in [9.17, 15) is 21.6 Å². The Morgan fingerprint density at radius 3 is 2.22 bits per heavy atom. The van der Waals surface area contributed by atoms with E-state index in [0.29, 0.717) is 36.3 Å². The molecule has 3 rings (SSSR count). The maximum Gasteiger partial charge on any atom is 0.248 e. The molecule has 1 amide bonds. The number of aryl methyl sites for hydroxylation is 2. The van der Waals surface area contributed by atoms with E-state index in [1.807, 2.05) is 0 Å². The van der Waals surface area contributed by atoms with Crippen LogP contribution in [0.2, 0.25) is 0 Å². The van der Waals surface area contributed by atoms with Crippen LogP contribution in [-0.2, 0) is 24.8 Å². The van der Waals surface area contributed by atoms with Gasteiger partial charge >= 0.3 is 0 Å². The van der Waals surface area contributed by atoms with Crippen molar-refractivity contribution >= 4 is 37.3 Å². The van der Waals surface area contributed by atoms with E-state index in [-0.39, 0.29) is 41.3 Å². The topological polar surface area (TPSA) is 139 Å². The summed E-state index contributed by atoms with van der Waals surface area (Å²) in [6.07, 6.45) is 1.30. The van der Waals surface area contributed by atoms with Crippen molar-refractivity contribution in [2.24, 2.45) is 5.92 Å². The van der Waals surface area contributed by atoms with Crippen molar-refractivity contribution in [3.8, 4) is 0 Å². The molecule has 32 heavy (non-hydrogen) atoms. The highest BCUT2D eigenvalue weighted by Gasteiger charge is 2.35. The first kappa shape index (κ1) is 24.2. The number of carbonyl (C=O) groups is 1. The Kier molecular flexibility index (Phi) is 7.25. The molecule has 2 heterocycles. The van der Waals surface area contributed by atoms with E-state index in [2.05, 4.69) is 15.2 Å². The lowest BCUT2D eigenvalue weighted by Crippen LogP contribution is -2.41. The predicted octanol–water partition coefficient (Wildman–Crippen LogP) is 2.48. The fraction of sp³-hybridized carbons (Fsp3) is 0.500. The first-order valence-corrected chi connectivity index (χ1v) is 13.5. The minimum Gasteiger partial charge on any atom is -0.360 e. The highest BCUT2D eigenvalue weighted by atomic mass is 32.2. The van der Waals surface area contributed by atoms with Gasteiger partial charge in [0.05, 0.1) is 5.75 Å². The Labute approximate surface area is 188 Å². The van der Waals surface area contributed by atoms with Crippen LogP contribution in [-0.4, -0.2) is 51.0 Å². The van der Waals surface area contributed by atoms with Crippen LogP contribution >= 0.6 is 0 Å². The minimum atomic E-state index is -3.72. The van der Waals surface area contributed by atoms with Gasteiger partial charge in [-0.25, -0.2) is 16.8 Å². The zero-order valence-electron chi connectivity index (χ0n) is 18.3. The lowest BCUT2D eigenvalue weighted by molar-refractivity contribution is -0.120. The summed E-state index contributed by atoms with van der Waals surface area (Å²) < 4.78 is 58.3. The smallest absolute Gasteiger partial charge is 0.248 e. The zero-order chi connectivity index (χ0) is 23.5. The van der Waals surface area contributed by atoms with Gasteiger partial charge in [-0.15, -0.1) is 0 Å². The number of benzene rings is 1. The summed E-state index contributed by atoms with van der Waals surface area (Å²) in [6.45, 7) is 5.39. The number of amides is 1. The number of carbonyl (C=O) groups excluding carboxylic acids is 1. The van der Waals surface area contributed by atoms with Gasteiger partial charge in [-0.3, -0.25) is 9.52 Å². The second-order valence-corrected chi connectivity index (χ2v) is 11.5. The molecule has 1 aromatic heterocycles. The van der Waals surface area contributed by atoms with Gasteiger partial charge in [0.2, 0.25) is 26.0 Å². The fourth-order valence-corrected chi connectivity index (χ4v) is 6.59. The molecule has 2 N–H and O–H groups in total. The van der Waals surface area contributed by atoms with Crippen molar-refractivity contribution in [3.63, 3.8) is 0 Å². The summed E-state index contributed by atoms with van der Waals surface area (Å²) in [4.78, 5) is 12.7. The molecule has 0 bridgehead atoms. The van der Waals surface area contributed by atoms with Crippen LogP contribution in [0.1, 0.15) is 37.6 Å². The van der Waals surface area contributed by atoms with Crippen molar-refractivity contribution in [1.29, 1.82) is 0 Å². The largest absolute Gasteiger partial charge is 0.360 e. The quantitative estimate of drug-likeness (QED) is 0.587. The Bertz CT molecular complexity index is 1150. The lowest BCUT2D eigenvalue weighted by atomic mass is 9.97. The number of rotatable bonds is 8. The first-order valence-electron chi connectivity index (χ1n) is 10.4. The molecular weight excluding hydrogens is 456 g/mol. The molecule has 12 heteroatoms. The lowest BCUT2D eigenvalue weighted by Gasteiger charge is -2.30. The van der Waals surface area contributed by atoms with Gasteiger partial charge in [0.15, 0.2) is 5.76 Å². The second-order valence-electron chi connectivity index (χ2n) is 7.82. The molecule has 1 fully saturated rings. The highest BCUT2D eigenvalue weighted by Crippen LogP contribution is 2.28. The Morgan fingerprint density at radius 2 is 1.69 bits per heavy atom. The minimum absolute atomic E-state index is 0.0378. The number of hydrogen-bond acceptors (Lipinski definition) is 7. The third-order valence-electron chi connectivity index (χ3n) is 5.29. The van der Waals surface area contributed by atoms with Crippen molar-refractivity contribution in [2.45, 2.75) is 44.9 Å². The summed E-state index contributed by atoms with van der Waals surface area (Å²) >= 11 is 0. The van der Waals surface area contributed by atoms with E-state index in [1.165, 1.54) is 4.31 Å². The average Bonchev–Trinajstić information content (AvgIpc) is 3.08. The summed E-state index contributed by atoms with van der Waals surface area (Å²) in [5.41, 5.74) is 1.29. The highest BCUT2D eigenvalue weighted by molar-refractivity contribution is 7.92. The standard InChI is InChI=1S/C20H28N4O6S2/c1-4-13-31(26,27)23-18-7-5-17(6-8-18)21-20(25)16-9-11-24(12-10-16)32(28,29)19-14(2)22-30-15(19)3/h5-8,16,23H,4,9-13H2,1-3H3,(H,21,25). The van der Waals surface area contributed by atoms with Crippen molar-refractivity contribution in [2.75, 3.05) is 28.9 Å². The monoisotopic (exact) mass is 484 g/mol. The van der Waals surface area contributed by atoms with Crippen LogP contribution in [0, 0.1) is 19.8 Å². The van der Waals surface area contributed by atoms with Crippen LogP contribution in [0.15, 0.2) is 33.7 Å².